The van der Waals surface area contributed by atoms with Crippen molar-refractivity contribution in [3.63, 3.8) is 0 Å². The summed E-state index contributed by atoms with van der Waals surface area (Å²) in [6, 6.07) is 14.5. The van der Waals surface area contributed by atoms with E-state index >= 15 is 0 Å². The summed E-state index contributed by atoms with van der Waals surface area (Å²) >= 11 is 19.3. The first kappa shape index (κ1) is 33.6. The van der Waals surface area contributed by atoms with Crippen LogP contribution in [0.1, 0.15) is 36.6 Å². The highest BCUT2D eigenvalue weighted by Gasteiger charge is 2.45. The van der Waals surface area contributed by atoms with Crippen LogP contribution in [-0.4, -0.2) is 29.9 Å². The Bertz CT molecular complexity index is 1990. The van der Waals surface area contributed by atoms with Gasteiger partial charge in [0.25, 0.3) is 5.56 Å². The second-order valence-electron chi connectivity index (χ2n) is 9.79. The highest BCUT2D eigenvalue weighted by molar-refractivity contribution is 7.07. The van der Waals surface area contributed by atoms with Gasteiger partial charge in [0.05, 0.1) is 34.4 Å². The minimum absolute atomic E-state index is 0.0395. The number of carbonyl (C=O) groups is 1. The molecule has 0 saturated carbocycles. The molecule has 3 aromatic carbocycles. The zero-order chi connectivity index (χ0) is 33.2. The van der Waals surface area contributed by atoms with Crippen LogP contribution in [0, 0.1) is 0 Å². The number of esters is 1. The number of thiazole rings is 1. The number of allylic oxidation sites excluding steroid dienone is 1. The largest absolute Gasteiger partial charge is 0.490 e. The molecular formula is C32H24Cl3F3N2O5S. The number of alkyl halides is 3. The molecule has 7 nitrogen and oxygen atoms in total. The molecule has 0 saturated heterocycles. The van der Waals surface area contributed by atoms with Gasteiger partial charge in [0, 0.05) is 10.0 Å². The van der Waals surface area contributed by atoms with E-state index in [-0.39, 0.29) is 45.5 Å². The van der Waals surface area contributed by atoms with E-state index in [9.17, 15) is 22.8 Å². The molecule has 0 fully saturated rings. The normalized spacial score (nSPS) is 15.0. The van der Waals surface area contributed by atoms with Crippen LogP contribution in [0.5, 0.6) is 11.5 Å². The van der Waals surface area contributed by atoms with E-state index in [0.717, 1.165) is 21.5 Å². The van der Waals surface area contributed by atoms with Gasteiger partial charge in [-0.15, -0.1) is 0 Å². The van der Waals surface area contributed by atoms with Crippen molar-refractivity contribution < 1.29 is 32.2 Å². The van der Waals surface area contributed by atoms with Gasteiger partial charge >= 0.3 is 12.1 Å². The van der Waals surface area contributed by atoms with Crippen molar-refractivity contribution in [2.45, 2.75) is 32.7 Å². The number of halogens is 6. The van der Waals surface area contributed by atoms with Crippen molar-refractivity contribution in [2.75, 3.05) is 13.2 Å². The molecule has 4 aromatic rings. The number of hydrogen-bond donors (Lipinski definition) is 0. The summed E-state index contributed by atoms with van der Waals surface area (Å²) in [5.41, 5.74) is -1.46. The number of rotatable bonds is 9. The van der Waals surface area contributed by atoms with Gasteiger partial charge in [0.2, 0.25) is 0 Å². The summed E-state index contributed by atoms with van der Waals surface area (Å²) in [7, 11) is 0. The van der Waals surface area contributed by atoms with Crippen LogP contribution < -0.4 is 24.4 Å². The molecule has 46 heavy (non-hydrogen) atoms. The second-order valence-corrected chi connectivity index (χ2v) is 12.1. The zero-order valence-electron chi connectivity index (χ0n) is 24.2. The standard InChI is InChI=1S/C32H24Cl3F3N2O5S/c1-3-43-23-14-18(13-22(35)27(23)45-16-17-5-9-20(33)10-6-17)15-24-29(41)40-26(19-7-11-21(34)12-8-19)25(30(42)44-4-2)28(32(36,37)38)39-31(40)46-24/h5-15,26H,3-4,16H2,1-2H3/b24-15-/t26-/m1/s1. The van der Waals surface area contributed by atoms with Crippen molar-refractivity contribution in [1.29, 1.82) is 0 Å². The fourth-order valence-corrected chi connectivity index (χ4v) is 6.29. The highest BCUT2D eigenvalue weighted by atomic mass is 35.5. The average molecular weight is 712 g/mol. The van der Waals surface area contributed by atoms with Gasteiger partial charge in [0.15, 0.2) is 22.0 Å². The molecular weight excluding hydrogens is 688 g/mol. The maximum Gasteiger partial charge on any atom is 0.434 e. The predicted molar refractivity (Wildman–Crippen MR) is 171 cm³/mol. The molecule has 1 aliphatic heterocycles. The molecule has 0 amide bonds. The third kappa shape index (κ3) is 7.12. The van der Waals surface area contributed by atoms with Crippen LogP contribution in [0.2, 0.25) is 15.1 Å². The van der Waals surface area contributed by atoms with Crippen molar-refractivity contribution in [2.24, 2.45) is 4.99 Å². The van der Waals surface area contributed by atoms with Crippen LogP contribution in [0.25, 0.3) is 6.08 Å². The minimum Gasteiger partial charge on any atom is -0.490 e. The third-order valence-electron chi connectivity index (χ3n) is 6.71. The molecule has 0 unspecified atom stereocenters. The van der Waals surface area contributed by atoms with Crippen LogP contribution in [0.3, 0.4) is 0 Å². The van der Waals surface area contributed by atoms with Gasteiger partial charge in [-0.2, -0.15) is 13.2 Å². The number of aromatic nitrogens is 1. The maximum absolute atomic E-state index is 14.4. The lowest BCUT2D eigenvalue weighted by Crippen LogP contribution is -2.41. The number of fused-ring (bicyclic) bond motifs is 1. The van der Waals surface area contributed by atoms with Gasteiger partial charge in [-0.3, -0.25) is 9.36 Å². The van der Waals surface area contributed by atoms with Gasteiger partial charge in [-0.25, -0.2) is 9.79 Å². The first-order chi connectivity index (χ1) is 21.9. The fourth-order valence-electron chi connectivity index (χ4n) is 4.76. The molecule has 0 N–H and O–H groups in total. The lowest BCUT2D eigenvalue weighted by Gasteiger charge is -2.26. The fraction of sp³-hybridized carbons (Fsp3) is 0.219. The van der Waals surface area contributed by atoms with E-state index in [1.54, 1.807) is 43.3 Å². The summed E-state index contributed by atoms with van der Waals surface area (Å²) in [5, 5.41) is 1.08. The Hall–Kier alpha value is -3.77. The number of benzene rings is 3. The zero-order valence-corrected chi connectivity index (χ0v) is 27.2. The summed E-state index contributed by atoms with van der Waals surface area (Å²) < 4.78 is 60.9. The molecule has 1 aliphatic rings. The van der Waals surface area contributed by atoms with Crippen LogP contribution in [-0.2, 0) is 16.1 Å². The smallest absolute Gasteiger partial charge is 0.434 e. The Morgan fingerprint density at radius 1 is 0.978 bits per heavy atom. The van der Waals surface area contributed by atoms with E-state index in [1.807, 2.05) is 0 Å². The lowest BCUT2D eigenvalue weighted by molar-refractivity contribution is -0.140. The molecule has 0 aliphatic carbocycles. The first-order valence-corrected chi connectivity index (χ1v) is 15.8. The molecule has 0 radical (unpaired) electrons. The lowest BCUT2D eigenvalue weighted by atomic mass is 9.95. The molecule has 1 aromatic heterocycles. The summed E-state index contributed by atoms with van der Waals surface area (Å²) in [5.74, 6) is -0.671. The van der Waals surface area contributed by atoms with Crippen LogP contribution in [0.15, 0.2) is 81.7 Å². The van der Waals surface area contributed by atoms with E-state index in [4.69, 9.17) is 49.0 Å². The second kappa shape index (κ2) is 13.9. The van der Waals surface area contributed by atoms with E-state index in [2.05, 4.69) is 4.99 Å². The molecule has 2 heterocycles. The molecule has 0 spiro atoms. The Labute approximate surface area is 279 Å². The van der Waals surface area contributed by atoms with Gasteiger partial charge in [-0.05, 0) is 73.0 Å². The van der Waals surface area contributed by atoms with Crippen molar-refractivity contribution in [3.05, 3.63) is 123 Å². The summed E-state index contributed by atoms with van der Waals surface area (Å²) in [6.07, 6.45) is -3.56. The molecule has 0 bridgehead atoms. The SMILES string of the molecule is CCOC(=O)C1=C(C(F)(F)F)N=c2s/c(=C\c3cc(Cl)c(OCc4ccc(Cl)cc4)c(OCC)c3)c(=O)n2[C@@H]1c1ccc(Cl)cc1. The summed E-state index contributed by atoms with van der Waals surface area (Å²) in [4.78, 5) is 30.4. The van der Waals surface area contributed by atoms with Crippen molar-refractivity contribution in [3.8, 4) is 11.5 Å². The van der Waals surface area contributed by atoms with E-state index < -0.39 is 35.0 Å². The minimum atomic E-state index is -5.02. The maximum atomic E-state index is 14.4. The van der Waals surface area contributed by atoms with Crippen molar-refractivity contribution in [1.82, 2.24) is 4.57 Å². The predicted octanol–water partition coefficient (Wildman–Crippen LogP) is 7.28. The number of nitrogens with zero attached hydrogens (tertiary/aromatic N) is 2. The molecule has 5 rings (SSSR count). The number of carbonyl (C=O) groups excluding carboxylic acids is 1. The Morgan fingerprint density at radius 3 is 2.24 bits per heavy atom. The topological polar surface area (TPSA) is 79.1 Å². The Kier molecular flexibility index (Phi) is 10.2. The van der Waals surface area contributed by atoms with Gasteiger partial charge in [-0.1, -0.05) is 70.4 Å². The molecule has 1 atom stereocenters. The Morgan fingerprint density at radius 2 is 1.63 bits per heavy atom. The molecule has 240 valence electrons. The van der Waals surface area contributed by atoms with Crippen molar-refractivity contribution >= 4 is 58.2 Å². The quantitative estimate of drug-likeness (QED) is 0.171. The van der Waals surface area contributed by atoms with Gasteiger partial charge in [0.1, 0.15) is 6.61 Å². The first-order valence-electron chi connectivity index (χ1n) is 13.8. The van der Waals surface area contributed by atoms with E-state index in [0.29, 0.717) is 21.4 Å². The van der Waals surface area contributed by atoms with Gasteiger partial charge < -0.3 is 14.2 Å². The number of hydrogen-bond acceptors (Lipinski definition) is 7. The number of ether oxygens (including phenoxy) is 3. The third-order valence-corrected chi connectivity index (χ3v) is 8.47. The van der Waals surface area contributed by atoms with Crippen LogP contribution >= 0.6 is 46.1 Å². The highest BCUT2D eigenvalue weighted by Crippen LogP contribution is 2.39. The Balaban J connectivity index is 1.64. The average Bonchev–Trinajstić information content (AvgIpc) is 3.31. The molecule has 14 heteroatoms. The van der Waals surface area contributed by atoms with Crippen LogP contribution in [0.4, 0.5) is 13.2 Å². The van der Waals surface area contributed by atoms with E-state index in [1.165, 1.54) is 37.3 Å². The summed E-state index contributed by atoms with van der Waals surface area (Å²) in [6.45, 7) is 3.50. The monoisotopic (exact) mass is 710 g/mol.